The van der Waals surface area contributed by atoms with Crippen molar-refractivity contribution in [3.8, 4) is 0 Å². The van der Waals surface area contributed by atoms with Crippen LogP contribution in [0.2, 0.25) is 0 Å². The number of hydrogen-bond donors (Lipinski definition) is 1. The number of nitrogens with zero attached hydrogens (tertiary/aromatic N) is 2. The standard InChI is InChI=1S/C15H27N3O2S/c1-5-16-8-14-12(10-19-4)17-15(21-14)13-9-18(11(2)3)6-7-20-13/h11,13,16H,5-10H2,1-4H3. The highest BCUT2D eigenvalue weighted by Gasteiger charge is 2.27. The smallest absolute Gasteiger partial charge is 0.124 e. The van der Waals surface area contributed by atoms with Gasteiger partial charge in [-0.3, -0.25) is 4.90 Å². The zero-order chi connectivity index (χ0) is 15.2. The topological polar surface area (TPSA) is 46.6 Å². The third kappa shape index (κ3) is 4.47. The molecule has 120 valence electrons. The lowest BCUT2D eigenvalue weighted by Crippen LogP contribution is -2.42. The zero-order valence-electron chi connectivity index (χ0n) is 13.5. The molecule has 1 aliphatic rings. The molecule has 0 spiro atoms. The molecule has 0 bridgehead atoms. The molecular formula is C15H27N3O2S. The molecule has 21 heavy (non-hydrogen) atoms. The molecule has 5 nitrogen and oxygen atoms in total. The maximum atomic E-state index is 5.94. The van der Waals surface area contributed by atoms with Crippen LogP contribution in [0, 0.1) is 0 Å². The minimum atomic E-state index is 0.0946. The Hall–Kier alpha value is -0.530. The van der Waals surface area contributed by atoms with E-state index in [2.05, 4.69) is 31.0 Å². The number of nitrogens with one attached hydrogen (secondary N) is 1. The molecule has 1 saturated heterocycles. The number of thiazole rings is 1. The fraction of sp³-hybridized carbons (Fsp3) is 0.800. The summed E-state index contributed by atoms with van der Waals surface area (Å²) in [5.74, 6) is 0. The summed E-state index contributed by atoms with van der Waals surface area (Å²) < 4.78 is 11.2. The molecule has 2 rings (SSSR count). The molecule has 1 aromatic heterocycles. The Morgan fingerprint density at radius 2 is 2.33 bits per heavy atom. The van der Waals surface area contributed by atoms with Gasteiger partial charge in [0.15, 0.2) is 0 Å². The summed E-state index contributed by atoms with van der Waals surface area (Å²) in [6.45, 7) is 11.7. The highest BCUT2D eigenvalue weighted by molar-refractivity contribution is 7.11. The van der Waals surface area contributed by atoms with E-state index in [1.165, 1.54) is 4.88 Å². The lowest BCUT2D eigenvalue weighted by molar-refractivity contribution is -0.0403. The fourth-order valence-corrected chi connectivity index (χ4v) is 3.53. The summed E-state index contributed by atoms with van der Waals surface area (Å²) >= 11 is 1.75. The minimum Gasteiger partial charge on any atom is -0.378 e. The van der Waals surface area contributed by atoms with Gasteiger partial charge in [0.1, 0.15) is 11.1 Å². The largest absolute Gasteiger partial charge is 0.378 e. The van der Waals surface area contributed by atoms with E-state index in [1.54, 1.807) is 18.4 Å². The monoisotopic (exact) mass is 313 g/mol. The van der Waals surface area contributed by atoms with Crippen LogP contribution in [0.25, 0.3) is 0 Å². The van der Waals surface area contributed by atoms with E-state index in [0.717, 1.165) is 43.5 Å². The number of rotatable bonds is 7. The molecule has 1 aliphatic heterocycles. The van der Waals surface area contributed by atoms with Gasteiger partial charge in [0.25, 0.3) is 0 Å². The summed E-state index contributed by atoms with van der Waals surface area (Å²) in [6, 6.07) is 0.552. The normalized spacial score (nSPS) is 20.3. The Morgan fingerprint density at radius 1 is 1.52 bits per heavy atom. The van der Waals surface area contributed by atoms with E-state index in [1.807, 2.05) is 0 Å². The van der Waals surface area contributed by atoms with Gasteiger partial charge in [-0.05, 0) is 20.4 Å². The van der Waals surface area contributed by atoms with Crippen LogP contribution in [0.1, 0.15) is 42.5 Å². The Bertz CT molecular complexity index is 437. The number of methoxy groups -OCH3 is 1. The summed E-state index contributed by atoms with van der Waals surface area (Å²) in [4.78, 5) is 8.49. The highest BCUT2D eigenvalue weighted by atomic mass is 32.1. The predicted octanol–water partition coefficient (Wildman–Crippen LogP) is 2.18. The van der Waals surface area contributed by atoms with Crippen LogP contribution in [-0.4, -0.2) is 49.3 Å². The first kappa shape index (κ1) is 16.8. The van der Waals surface area contributed by atoms with Crippen LogP contribution in [0.15, 0.2) is 0 Å². The predicted molar refractivity (Wildman–Crippen MR) is 85.6 cm³/mol. The first-order valence-corrected chi connectivity index (χ1v) is 8.51. The average molecular weight is 313 g/mol. The van der Waals surface area contributed by atoms with Crippen molar-refractivity contribution in [1.29, 1.82) is 0 Å². The first-order chi connectivity index (χ1) is 10.2. The van der Waals surface area contributed by atoms with E-state index < -0.39 is 0 Å². The van der Waals surface area contributed by atoms with Gasteiger partial charge < -0.3 is 14.8 Å². The lowest BCUT2D eigenvalue weighted by Gasteiger charge is -2.34. The molecule has 0 aliphatic carbocycles. The molecule has 1 N–H and O–H groups in total. The third-order valence-corrected chi connectivity index (χ3v) is 4.90. The molecule has 2 heterocycles. The molecular weight excluding hydrogens is 286 g/mol. The molecule has 0 radical (unpaired) electrons. The van der Waals surface area contributed by atoms with Crippen LogP contribution in [0.4, 0.5) is 0 Å². The molecule has 1 atom stereocenters. The maximum absolute atomic E-state index is 5.94. The van der Waals surface area contributed by atoms with Crippen LogP contribution >= 0.6 is 11.3 Å². The summed E-state index contributed by atoms with van der Waals surface area (Å²) in [6.07, 6.45) is 0.0946. The Kier molecular flexibility index (Phi) is 6.57. The first-order valence-electron chi connectivity index (χ1n) is 7.69. The van der Waals surface area contributed by atoms with Crippen molar-refractivity contribution in [3.05, 3.63) is 15.6 Å². The molecule has 1 unspecified atom stereocenters. The Morgan fingerprint density at radius 3 is 3.00 bits per heavy atom. The number of morpholine rings is 1. The van der Waals surface area contributed by atoms with Gasteiger partial charge in [0.05, 0.1) is 18.9 Å². The van der Waals surface area contributed by atoms with Crippen molar-refractivity contribution in [2.45, 2.75) is 46.1 Å². The van der Waals surface area contributed by atoms with Gasteiger partial charge in [-0.2, -0.15) is 0 Å². The van der Waals surface area contributed by atoms with E-state index in [0.29, 0.717) is 12.6 Å². The second-order valence-corrected chi connectivity index (χ2v) is 6.70. The van der Waals surface area contributed by atoms with Crippen LogP contribution < -0.4 is 5.32 Å². The van der Waals surface area contributed by atoms with Crippen molar-refractivity contribution in [1.82, 2.24) is 15.2 Å². The van der Waals surface area contributed by atoms with Gasteiger partial charge in [-0.15, -0.1) is 11.3 Å². The van der Waals surface area contributed by atoms with E-state index in [-0.39, 0.29) is 6.10 Å². The minimum absolute atomic E-state index is 0.0946. The van der Waals surface area contributed by atoms with Gasteiger partial charge in [0, 0.05) is 37.7 Å². The van der Waals surface area contributed by atoms with Crippen LogP contribution in [0.5, 0.6) is 0 Å². The number of ether oxygens (including phenoxy) is 2. The SMILES string of the molecule is CCNCc1sc(C2CN(C(C)C)CCO2)nc1COC. The van der Waals surface area contributed by atoms with E-state index in [4.69, 9.17) is 14.5 Å². The highest BCUT2D eigenvalue weighted by Crippen LogP contribution is 2.29. The Labute approximate surface area is 131 Å². The van der Waals surface area contributed by atoms with Crippen molar-refractivity contribution in [2.24, 2.45) is 0 Å². The van der Waals surface area contributed by atoms with Crippen molar-refractivity contribution < 1.29 is 9.47 Å². The third-order valence-electron chi connectivity index (χ3n) is 3.72. The summed E-state index contributed by atoms with van der Waals surface area (Å²) in [7, 11) is 1.72. The summed E-state index contributed by atoms with van der Waals surface area (Å²) in [5.41, 5.74) is 1.05. The van der Waals surface area contributed by atoms with Crippen molar-refractivity contribution in [2.75, 3.05) is 33.4 Å². The fourth-order valence-electron chi connectivity index (χ4n) is 2.45. The second kappa shape index (κ2) is 8.19. The van der Waals surface area contributed by atoms with E-state index >= 15 is 0 Å². The molecule has 0 saturated carbocycles. The molecule has 0 amide bonds. The Balaban J connectivity index is 2.11. The second-order valence-electron chi connectivity index (χ2n) is 5.58. The van der Waals surface area contributed by atoms with Crippen LogP contribution in [0.3, 0.4) is 0 Å². The van der Waals surface area contributed by atoms with Crippen molar-refractivity contribution >= 4 is 11.3 Å². The van der Waals surface area contributed by atoms with Gasteiger partial charge in [-0.25, -0.2) is 4.98 Å². The number of aromatic nitrogens is 1. The lowest BCUT2D eigenvalue weighted by atomic mass is 10.2. The quantitative estimate of drug-likeness (QED) is 0.836. The van der Waals surface area contributed by atoms with Crippen molar-refractivity contribution in [3.63, 3.8) is 0 Å². The molecule has 6 heteroatoms. The molecule has 0 aromatic carbocycles. The van der Waals surface area contributed by atoms with E-state index in [9.17, 15) is 0 Å². The maximum Gasteiger partial charge on any atom is 0.124 e. The van der Waals surface area contributed by atoms with Gasteiger partial charge in [-0.1, -0.05) is 6.92 Å². The summed E-state index contributed by atoms with van der Waals surface area (Å²) in [5, 5.41) is 4.45. The number of hydrogen-bond acceptors (Lipinski definition) is 6. The molecule has 1 fully saturated rings. The zero-order valence-corrected chi connectivity index (χ0v) is 14.3. The van der Waals surface area contributed by atoms with Gasteiger partial charge in [0.2, 0.25) is 0 Å². The molecule has 1 aromatic rings. The average Bonchev–Trinajstić information content (AvgIpc) is 2.89. The van der Waals surface area contributed by atoms with Gasteiger partial charge >= 0.3 is 0 Å². The van der Waals surface area contributed by atoms with Crippen LogP contribution in [-0.2, 0) is 22.6 Å².